The second kappa shape index (κ2) is 8.30. The third kappa shape index (κ3) is 3.08. The van der Waals surface area contributed by atoms with Crippen molar-refractivity contribution in [3.8, 4) is 0 Å². The third-order valence-corrected chi connectivity index (χ3v) is 9.52. The van der Waals surface area contributed by atoms with Crippen LogP contribution in [0.1, 0.15) is 59.4 Å². The van der Waals surface area contributed by atoms with Gasteiger partial charge in [0.05, 0.1) is 11.3 Å². The van der Waals surface area contributed by atoms with Crippen molar-refractivity contribution in [1.29, 1.82) is 0 Å². The zero-order chi connectivity index (χ0) is 25.2. The third-order valence-electron chi connectivity index (χ3n) is 9.52. The Bertz CT molecular complexity index is 1110. The number of Topliss-reactive ketones (excluding diaryl/α,β-unsaturated/α-hetero) is 1. The van der Waals surface area contributed by atoms with Crippen LogP contribution in [0.25, 0.3) is 0 Å². The maximum absolute atomic E-state index is 14.5. The minimum Gasteiger partial charge on any atom is -0.462 e. The molecule has 0 bridgehead atoms. The Kier molecular flexibility index (Phi) is 5.75. The maximum Gasteiger partial charge on any atom is 0.347 e. The average Bonchev–Trinajstić information content (AvgIpc) is 3.22. The van der Waals surface area contributed by atoms with E-state index in [1.807, 2.05) is 25.1 Å². The van der Waals surface area contributed by atoms with E-state index in [-0.39, 0.29) is 30.1 Å². The van der Waals surface area contributed by atoms with Gasteiger partial charge in [0, 0.05) is 5.92 Å². The summed E-state index contributed by atoms with van der Waals surface area (Å²) in [6, 6.07) is 10.1. The lowest BCUT2D eigenvalue weighted by molar-refractivity contribution is -0.234. The summed E-state index contributed by atoms with van der Waals surface area (Å²) in [5.74, 6) is -0.00100. The summed E-state index contributed by atoms with van der Waals surface area (Å²) in [5, 5.41) is 0. The highest BCUT2D eigenvalue weighted by molar-refractivity contribution is 6.13. The van der Waals surface area contributed by atoms with Crippen LogP contribution in [0.15, 0.2) is 66.3 Å². The fourth-order valence-electron chi connectivity index (χ4n) is 7.57. The van der Waals surface area contributed by atoms with Crippen LogP contribution in [0.3, 0.4) is 0 Å². The van der Waals surface area contributed by atoms with Crippen LogP contribution >= 0.6 is 0 Å². The molecule has 1 aromatic rings. The standard InChI is InChI=1S/C31H38O4/c1-7-29(6)18-34-28(33)31(29)27(32)26-24-23(20(4)13-11-12-19(2)3)17-16-21(5)25(24)30(26,35-31)22-14-9-8-10-15-22/h7-10,12,14-16,20,23-26H,1,11,13,17-18H2,2-6H3/t20-,23+,24-,25+,26-,29-,30-,31+/m1/s1. The molecule has 35 heavy (non-hydrogen) atoms. The number of hydrogen-bond donors (Lipinski definition) is 0. The van der Waals surface area contributed by atoms with Crippen molar-refractivity contribution in [2.24, 2.45) is 35.0 Å². The van der Waals surface area contributed by atoms with E-state index in [9.17, 15) is 9.59 Å². The van der Waals surface area contributed by atoms with Gasteiger partial charge in [-0.25, -0.2) is 4.79 Å². The first-order valence-corrected chi connectivity index (χ1v) is 13.0. The van der Waals surface area contributed by atoms with Crippen molar-refractivity contribution in [2.75, 3.05) is 6.61 Å². The number of hydrogen-bond acceptors (Lipinski definition) is 4. The Morgan fingerprint density at radius 3 is 2.57 bits per heavy atom. The van der Waals surface area contributed by atoms with E-state index in [1.165, 1.54) is 11.1 Å². The van der Waals surface area contributed by atoms with Gasteiger partial charge in [0.1, 0.15) is 12.2 Å². The number of esters is 1. The van der Waals surface area contributed by atoms with Gasteiger partial charge >= 0.3 is 5.97 Å². The smallest absolute Gasteiger partial charge is 0.347 e. The van der Waals surface area contributed by atoms with Gasteiger partial charge in [-0.2, -0.15) is 0 Å². The van der Waals surface area contributed by atoms with Gasteiger partial charge in [0.2, 0.25) is 5.60 Å². The molecule has 0 amide bonds. The summed E-state index contributed by atoms with van der Waals surface area (Å²) in [7, 11) is 0. The number of carbonyl (C=O) groups is 2. The monoisotopic (exact) mass is 474 g/mol. The molecule has 1 aromatic carbocycles. The minimum absolute atomic E-state index is 0.0605. The van der Waals surface area contributed by atoms with E-state index in [4.69, 9.17) is 9.47 Å². The van der Waals surface area contributed by atoms with Crippen LogP contribution in [0.2, 0.25) is 0 Å². The number of rotatable bonds is 6. The fourth-order valence-corrected chi connectivity index (χ4v) is 7.57. The molecule has 4 aliphatic rings. The first-order valence-electron chi connectivity index (χ1n) is 13.0. The van der Waals surface area contributed by atoms with Gasteiger partial charge in [0.25, 0.3) is 0 Å². The summed E-state index contributed by atoms with van der Waals surface area (Å²) in [4.78, 5) is 27.8. The number of carbonyl (C=O) groups excluding carboxylic acids is 2. The van der Waals surface area contributed by atoms with Crippen molar-refractivity contribution in [2.45, 2.75) is 65.1 Å². The molecule has 4 nitrogen and oxygen atoms in total. The molecule has 0 aromatic heterocycles. The highest BCUT2D eigenvalue weighted by Gasteiger charge is 2.83. The fraction of sp³-hybridized carbons (Fsp3) is 0.548. The molecule has 1 spiro atoms. The second-order valence-corrected chi connectivity index (χ2v) is 11.7. The Labute approximate surface area is 209 Å². The Balaban J connectivity index is 1.63. The lowest BCUT2D eigenvalue weighted by atomic mass is 9.42. The largest absolute Gasteiger partial charge is 0.462 e. The lowest BCUT2D eigenvalue weighted by Crippen LogP contribution is -2.64. The topological polar surface area (TPSA) is 52.6 Å². The van der Waals surface area contributed by atoms with E-state index >= 15 is 0 Å². The predicted octanol–water partition coefficient (Wildman–Crippen LogP) is 6.18. The van der Waals surface area contributed by atoms with Crippen LogP contribution in [0.5, 0.6) is 0 Å². The van der Waals surface area contributed by atoms with E-state index in [0.717, 1.165) is 24.8 Å². The van der Waals surface area contributed by atoms with Gasteiger partial charge in [-0.05, 0) is 70.3 Å². The van der Waals surface area contributed by atoms with Crippen molar-refractivity contribution in [3.63, 3.8) is 0 Å². The summed E-state index contributed by atoms with van der Waals surface area (Å²) < 4.78 is 12.5. The number of fused-ring (bicyclic) bond motifs is 4. The van der Waals surface area contributed by atoms with Gasteiger partial charge in [-0.15, -0.1) is 6.58 Å². The zero-order valence-corrected chi connectivity index (χ0v) is 21.7. The van der Waals surface area contributed by atoms with Crippen molar-refractivity contribution in [3.05, 3.63) is 71.8 Å². The number of ether oxygens (including phenoxy) is 2. The lowest BCUT2D eigenvalue weighted by Gasteiger charge is -2.62. The number of ketones is 1. The van der Waals surface area contributed by atoms with E-state index in [1.54, 1.807) is 6.08 Å². The van der Waals surface area contributed by atoms with E-state index in [2.05, 4.69) is 58.6 Å². The van der Waals surface area contributed by atoms with Crippen LogP contribution < -0.4 is 0 Å². The molecular formula is C31H38O4. The molecule has 1 saturated carbocycles. The predicted molar refractivity (Wildman–Crippen MR) is 136 cm³/mol. The van der Waals surface area contributed by atoms with Crippen LogP contribution in [0.4, 0.5) is 0 Å². The highest BCUT2D eigenvalue weighted by atomic mass is 16.6. The second-order valence-electron chi connectivity index (χ2n) is 11.7. The van der Waals surface area contributed by atoms with Crippen molar-refractivity contribution >= 4 is 11.8 Å². The van der Waals surface area contributed by atoms with Crippen LogP contribution in [0, 0.1) is 35.0 Å². The molecule has 4 heteroatoms. The van der Waals surface area contributed by atoms with Crippen molar-refractivity contribution < 1.29 is 19.1 Å². The number of benzene rings is 1. The first-order chi connectivity index (χ1) is 16.6. The Morgan fingerprint density at radius 1 is 1.20 bits per heavy atom. The first kappa shape index (κ1) is 24.2. The summed E-state index contributed by atoms with van der Waals surface area (Å²) >= 11 is 0. The molecule has 5 rings (SSSR count). The van der Waals surface area contributed by atoms with Gasteiger partial charge < -0.3 is 9.47 Å². The molecule has 2 saturated heterocycles. The maximum atomic E-state index is 14.5. The summed E-state index contributed by atoms with van der Waals surface area (Å²) in [5.41, 5.74) is 0.197. The molecule has 0 N–H and O–H groups in total. The van der Waals surface area contributed by atoms with Crippen LogP contribution in [-0.2, 0) is 24.7 Å². The Morgan fingerprint density at radius 2 is 1.91 bits per heavy atom. The van der Waals surface area contributed by atoms with E-state index < -0.39 is 22.6 Å². The van der Waals surface area contributed by atoms with Gasteiger partial charge in [-0.1, -0.05) is 66.6 Å². The van der Waals surface area contributed by atoms with Gasteiger partial charge in [0.15, 0.2) is 5.78 Å². The summed E-state index contributed by atoms with van der Waals surface area (Å²) in [6.45, 7) is 14.7. The zero-order valence-electron chi connectivity index (χ0n) is 21.7. The molecule has 0 unspecified atom stereocenters. The molecule has 186 valence electrons. The average molecular weight is 475 g/mol. The molecule has 2 aliphatic carbocycles. The Hall–Kier alpha value is -2.46. The molecule has 3 fully saturated rings. The minimum atomic E-state index is -1.64. The SMILES string of the molecule is C=C[C@]1(C)COC(=O)[C@]12O[C@@]1(c3ccccc3)[C@@H](C2=O)[C@@H]2[C@H]([C@H](C)CCC=C(C)C)CC=C(C)[C@@H]21. The molecular weight excluding hydrogens is 436 g/mol. The highest BCUT2D eigenvalue weighted by Crippen LogP contribution is 2.73. The van der Waals surface area contributed by atoms with Crippen molar-refractivity contribution in [1.82, 2.24) is 0 Å². The molecule has 2 heterocycles. The quantitative estimate of drug-likeness (QED) is 0.281. The van der Waals surface area contributed by atoms with Crippen LogP contribution in [-0.4, -0.2) is 24.0 Å². The summed E-state index contributed by atoms with van der Waals surface area (Å²) in [6.07, 6.45) is 9.44. The normalized spacial score (nSPS) is 40.3. The number of cyclic esters (lactones) is 1. The molecule has 0 radical (unpaired) electrons. The van der Waals surface area contributed by atoms with E-state index in [0.29, 0.717) is 11.8 Å². The number of allylic oxidation sites excluding steroid dienone is 3. The molecule has 2 aliphatic heterocycles. The molecule has 8 atom stereocenters. The van der Waals surface area contributed by atoms with Gasteiger partial charge in [-0.3, -0.25) is 4.79 Å².